The van der Waals surface area contributed by atoms with E-state index in [4.69, 9.17) is 5.26 Å². The molecule has 0 unspecified atom stereocenters. The second-order valence-corrected chi connectivity index (χ2v) is 4.39. The molecule has 1 heterocycles. The van der Waals surface area contributed by atoms with Crippen LogP contribution in [0.25, 0.3) is 22.0 Å². The van der Waals surface area contributed by atoms with Crippen LogP contribution in [0.5, 0.6) is 0 Å². The normalized spacial score (nSPS) is 10.5. The molecule has 0 spiro atoms. The summed E-state index contributed by atoms with van der Waals surface area (Å²) in [6, 6.07) is 14.5. The third-order valence-corrected chi connectivity index (χ3v) is 3.21. The smallest absolute Gasteiger partial charge is 0.123 e. The lowest BCUT2D eigenvalue weighted by Crippen LogP contribution is -1.83. The summed E-state index contributed by atoms with van der Waals surface area (Å²) < 4.78 is 13.3. The standard InChI is InChI=1S/C16H11FN2/c17-13-4-1-3-11(9-13)14-5-2-6-15-12(7-8-18)10-19-16(14)15/h1-6,9-10,19H,7H2. The van der Waals surface area contributed by atoms with Gasteiger partial charge in [0, 0.05) is 17.1 Å². The zero-order valence-corrected chi connectivity index (χ0v) is 10.2. The minimum absolute atomic E-state index is 0.252. The van der Waals surface area contributed by atoms with Gasteiger partial charge in [-0.05, 0) is 23.3 Å². The first-order chi connectivity index (χ1) is 9.29. The lowest BCUT2D eigenvalue weighted by molar-refractivity contribution is 0.628. The molecule has 2 aromatic carbocycles. The lowest BCUT2D eigenvalue weighted by atomic mass is 10.0. The number of hydrogen-bond donors (Lipinski definition) is 1. The van der Waals surface area contributed by atoms with Crippen molar-refractivity contribution in [1.29, 1.82) is 5.26 Å². The maximum atomic E-state index is 13.3. The highest BCUT2D eigenvalue weighted by Gasteiger charge is 2.09. The number of nitriles is 1. The number of halogens is 1. The van der Waals surface area contributed by atoms with Crippen molar-refractivity contribution < 1.29 is 4.39 Å². The Labute approximate surface area is 110 Å². The maximum Gasteiger partial charge on any atom is 0.123 e. The molecule has 0 aliphatic heterocycles. The van der Waals surface area contributed by atoms with Gasteiger partial charge in [-0.15, -0.1) is 0 Å². The van der Waals surface area contributed by atoms with E-state index in [1.807, 2.05) is 30.5 Å². The zero-order valence-electron chi connectivity index (χ0n) is 10.2. The third kappa shape index (κ3) is 1.98. The topological polar surface area (TPSA) is 39.6 Å². The monoisotopic (exact) mass is 250 g/mol. The molecule has 0 fully saturated rings. The Kier molecular flexibility index (Phi) is 2.77. The van der Waals surface area contributed by atoms with Crippen molar-refractivity contribution in [3.63, 3.8) is 0 Å². The number of nitrogens with one attached hydrogen (secondary N) is 1. The van der Waals surface area contributed by atoms with Gasteiger partial charge in [0.25, 0.3) is 0 Å². The first-order valence-electron chi connectivity index (χ1n) is 6.01. The first kappa shape index (κ1) is 11.5. The van der Waals surface area contributed by atoms with Crippen molar-refractivity contribution in [1.82, 2.24) is 4.98 Å². The van der Waals surface area contributed by atoms with Crippen molar-refractivity contribution in [3.8, 4) is 17.2 Å². The van der Waals surface area contributed by atoms with Gasteiger partial charge in [-0.2, -0.15) is 5.26 Å². The van der Waals surface area contributed by atoms with Crippen LogP contribution >= 0.6 is 0 Å². The second kappa shape index (κ2) is 4.58. The quantitative estimate of drug-likeness (QED) is 0.732. The molecule has 0 amide bonds. The number of benzene rings is 2. The predicted molar refractivity (Wildman–Crippen MR) is 73.0 cm³/mol. The minimum Gasteiger partial charge on any atom is -0.360 e. The maximum absolute atomic E-state index is 13.3. The van der Waals surface area contributed by atoms with Crippen LogP contribution in [0.4, 0.5) is 4.39 Å². The van der Waals surface area contributed by atoms with Gasteiger partial charge >= 0.3 is 0 Å². The summed E-state index contributed by atoms with van der Waals surface area (Å²) in [6.45, 7) is 0. The van der Waals surface area contributed by atoms with Gasteiger partial charge in [0.15, 0.2) is 0 Å². The number of para-hydroxylation sites is 1. The van der Waals surface area contributed by atoms with E-state index in [-0.39, 0.29) is 5.82 Å². The fourth-order valence-corrected chi connectivity index (χ4v) is 2.34. The van der Waals surface area contributed by atoms with Crippen molar-refractivity contribution in [2.24, 2.45) is 0 Å². The average molecular weight is 250 g/mol. The Morgan fingerprint density at radius 3 is 2.79 bits per heavy atom. The van der Waals surface area contributed by atoms with Crippen LogP contribution in [-0.4, -0.2) is 4.98 Å². The summed E-state index contributed by atoms with van der Waals surface area (Å²) in [5.41, 5.74) is 3.69. The summed E-state index contributed by atoms with van der Waals surface area (Å²) in [5.74, 6) is -0.252. The van der Waals surface area contributed by atoms with Gasteiger partial charge in [0.1, 0.15) is 5.82 Å². The molecule has 3 rings (SSSR count). The molecule has 19 heavy (non-hydrogen) atoms. The van der Waals surface area contributed by atoms with Gasteiger partial charge in [-0.3, -0.25) is 0 Å². The van der Waals surface area contributed by atoms with Gasteiger partial charge in [0.2, 0.25) is 0 Å². The fraction of sp³-hybridized carbons (Fsp3) is 0.0625. The Morgan fingerprint density at radius 2 is 2.00 bits per heavy atom. The molecule has 0 atom stereocenters. The van der Waals surface area contributed by atoms with E-state index in [1.54, 1.807) is 6.07 Å². The highest BCUT2D eigenvalue weighted by atomic mass is 19.1. The van der Waals surface area contributed by atoms with Gasteiger partial charge in [-0.1, -0.05) is 30.3 Å². The average Bonchev–Trinajstić information content (AvgIpc) is 2.83. The molecule has 1 aromatic heterocycles. The molecule has 0 radical (unpaired) electrons. The number of H-pyrrole nitrogens is 1. The van der Waals surface area contributed by atoms with E-state index in [2.05, 4.69) is 11.1 Å². The number of hydrogen-bond acceptors (Lipinski definition) is 1. The fourth-order valence-electron chi connectivity index (χ4n) is 2.34. The summed E-state index contributed by atoms with van der Waals surface area (Å²) in [5, 5.41) is 9.82. The van der Waals surface area contributed by atoms with E-state index >= 15 is 0 Å². The number of aromatic amines is 1. The molecule has 3 heteroatoms. The predicted octanol–water partition coefficient (Wildman–Crippen LogP) is 4.04. The van der Waals surface area contributed by atoms with Crippen LogP contribution < -0.4 is 0 Å². The van der Waals surface area contributed by atoms with Crippen LogP contribution in [0.3, 0.4) is 0 Å². The summed E-state index contributed by atoms with van der Waals surface area (Å²) in [6.07, 6.45) is 2.21. The summed E-state index contributed by atoms with van der Waals surface area (Å²) >= 11 is 0. The Bertz CT molecular complexity index is 781. The van der Waals surface area contributed by atoms with E-state index < -0.39 is 0 Å². The molecule has 92 valence electrons. The summed E-state index contributed by atoms with van der Waals surface area (Å²) in [7, 11) is 0. The van der Waals surface area contributed by atoms with Gasteiger partial charge < -0.3 is 4.98 Å². The van der Waals surface area contributed by atoms with Crippen molar-refractivity contribution in [2.45, 2.75) is 6.42 Å². The van der Waals surface area contributed by atoms with Crippen LogP contribution in [0, 0.1) is 17.1 Å². The van der Waals surface area contributed by atoms with Gasteiger partial charge in [0.05, 0.1) is 18.0 Å². The van der Waals surface area contributed by atoms with E-state index in [9.17, 15) is 4.39 Å². The van der Waals surface area contributed by atoms with Crippen LogP contribution in [0.2, 0.25) is 0 Å². The molecule has 2 nitrogen and oxygen atoms in total. The minimum atomic E-state index is -0.252. The SMILES string of the molecule is N#CCc1c[nH]c2c(-c3cccc(F)c3)cccc12. The Morgan fingerprint density at radius 1 is 1.16 bits per heavy atom. The molecular formula is C16H11FN2. The van der Waals surface area contributed by atoms with Crippen molar-refractivity contribution in [2.75, 3.05) is 0 Å². The molecule has 0 aliphatic carbocycles. The third-order valence-electron chi connectivity index (χ3n) is 3.21. The number of rotatable bonds is 2. The number of nitrogens with zero attached hydrogens (tertiary/aromatic N) is 1. The van der Waals surface area contributed by atoms with Crippen LogP contribution in [0.1, 0.15) is 5.56 Å². The molecule has 0 aliphatic rings. The molecule has 0 saturated heterocycles. The summed E-state index contributed by atoms with van der Waals surface area (Å²) in [4.78, 5) is 3.19. The van der Waals surface area contributed by atoms with E-state index in [1.165, 1.54) is 12.1 Å². The Hall–Kier alpha value is -2.60. The molecule has 0 saturated carbocycles. The zero-order chi connectivity index (χ0) is 13.2. The molecule has 1 N–H and O–H groups in total. The van der Waals surface area contributed by atoms with Gasteiger partial charge in [-0.25, -0.2) is 4.39 Å². The van der Waals surface area contributed by atoms with Crippen LogP contribution in [0.15, 0.2) is 48.7 Å². The van der Waals surface area contributed by atoms with E-state index in [0.717, 1.165) is 27.6 Å². The number of fused-ring (bicyclic) bond motifs is 1. The Balaban J connectivity index is 2.23. The molecule has 3 aromatic rings. The van der Waals surface area contributed by atoms with Crippen molar-refractivity contribution >= 4 is 10.9 Å². The highest BCUT2D eigenvalue weighted by molar-refractivity contribution is 5.96. The van der Waals surface area contributed by atoms with E-state index in [0.29, 0.717) is 6.42 Å². The largest absolute Gasteiger partial charge is 0.360 e. The lowest BCUT2D eigenvalue weighted by Gasteiger charge is -2.04. The van der Waals surface area contributed by atoms with Crippen LogP contribution in [-0.2, 0) is 6.42 Å². The highest BCUT2D eigenvalue weighted by Crippen LogP contribution is 2.30. The first-order valence-corrected chi connectivity index (χ1v) is 6.01. The second-order valence-electron chi connectivity index (χ2n) is 4.39. The number of aromatic nitrogens is 1. The van der Waals surface area contributed by atoms with Crippen molar-refractivity contribution in [3.05, 3.63) is 60.0 Å². The molecular weight excluding hydrogens is 239 g/mol. The molecule has 0 bridgehead atoms.